The van der Waals surface area contributed by atoms with Gasteiger partial charge in [0.2, 0.25) is 11.8 Å². The summed E-state index contributed by atoms with van der Waals surface area (Å²) in [5.41, 5.74) is 5.82. The first-order chi connectivity index (χ1) is 9.82. The maximum absolute atomic E-state index is 12.7. The zero-order valence-electron chi connectivity index (χ0n) is 13.6. The molecule has 0 radical (unpaired) electrons. The maximum Gasteiger partial charge on any atom is 0.245 e. The van der Waals surface area contributed by atoms with Crippen LogP contribution in [0, 0.1) is 5.41 Å². The number of carbonyl (C=O) groups excluding carboxylic acids is 2. The maximum atomic E-state index is 12.7. The lowest BCUT2D eigenvalue weighted by Gasteiger charge is -2.35. The highest BCUT2D eigenvalue weighted by Gasteiger charge is 2.40. The summed E-state index contributed by atoms with van der Waals surface area (Å²) in [4.78, 5) is 29.0. The number of rotatable bonds is 2. The highest BCUT2D eigenvalue weighted by atomic mass is 16.2. The average Bonchev–Trinajstić information content (AvgIpc) is 2.94. The molecule has 2 fully saturated rings. The molecule has 0 aromatic carbocycles. The van der Waals surface area contributed by atoms with Gasteiger partial charge in [-0.2, -0.15) is 0 Å². The highest BCUT2D eigenvalue weighted by Crippen LogP contribution is 2.26. The number of piperidine rings is 1. The van der Waals surface area contributed by atoms with Crippen LogP contribution in [0.1, 0.15) is 52.9 Å². The molecule has 5 nitrogen and oxygen atoms in total. The van der Waals surface area contributed by atoms with E-state index in [-0.39, 0.29) is 23.3 Å². The fourth-order valence-corrected chi connectivity index (χ4v) is 3.16. The molecule has 2 amide bonds. The summed E-state index contributed by atoms with van der Waals surface area (Å²) in [6.07, 6.45) is 5.03. The number of hydrogen-bond acceptors (Lipinski definition) is 3. The normalized spacial score (nSPS) is 25.0. The summed E-state index contributed by atoms with van der Waals surface area (Å²) in [5, 5.41) is 0. The van der Waals surface area contributed by atoms with Crippen LogP contribution < -0.4 is 5.73 Å². The van der Waals surface area contributed by atoms with Gasteiger partial charge in [-0.25, -0.2) is 0 Å². The number of hydrogen-bond donors (Lipinski definition) is 1. The molecule has 2 heterocycles. The van der Waals surface area contributed by atoms with Gasteiger partial charge in [0.25, 0.3) is 0 Å². The van der Waals surface area contributed by atoms with E-state index in [1.165, 1.54) is 6.42 Å². The summed E-state index contributed by atoms with van der Waals surface area (Å²) in [7, 11) is 0. The Kier molecular flexibility index (Phi) is 4.91. The van der Waals surface area contributed by atoms with Gasteiger partial charge in [0.15, 0.2) is 0 Å². The minimum Gasteiger partial charge on any atom is -0.341 e. The summed E-state index contributed by atoms with van der Waals surface area (Å²) in [5.74, 6) is 0.0528. The van der Waals surface area contributed by atoms with Gasteiger partial charge < -0.3 is 15.5 Å². The fraction of sp³-hybridized carbons (Fsp3) is 0.875. The lowest BCUT2D eigenvalue weighted by atomic mass is 9.86. The van der Waals surface area contributed by atoms with Crippen molar-refractivity contribution in [1.29, 1.82) is 0 Å². The first-order valence-corrected chi connectivity index (χ1v) is 8.17. The van der Waals surface area contributed by atoms with E-state index in [1.54, 1.807) is 4.90 Å². The van der Waals surface area contributed by atoms with E-state index in [0.717, 1.165) is 38.8 Å². The van der Waals surface area contributed by atoms with Gasteiger partial charge in [-0.15, -0.1) is 0 Å². The quantitative estimate of drug-likeness (QED) is 0.836. The Hall–Kier alpha value is -1.10. The molecule has 0 spiro atoms. The number of nitrogens with two attached hydrogens (primary N) is 1. The molecule has 2 aliphatic rings. The lowest BCUT2D eigenvalue weighted by molar-refractivity contribution is -0.146. The van der Waals surface area contributed by atoms with Crippen LogP contribution in [0.25, 0.3) is 0 Å². The lowest BCUT2D eigenvalue weighted by Crippen LogP contribution is -2.55. The van der Waals surface area contributed by atoms with Gasteiger partial charge >= 0.3 is 0 Å². The SMILES string of the molecule is CC(C)(C)C(N)C(=O)N1CCCC1C(=O)N1CCCCC1. The van der Waals surface area contributed by atoms with Crippen LogP contribution in [0.3, 0.4) is 0 Å². The molecule has 120 valence electrons. The van der Waals surface area contributed by atoms with Gasteiger partial charge in [0.05, 0.1) is 6.04 Å². The zero-order valence-corrected chi connectivity index (χ0v) is 13.6. The second kappa shape index (κ2) is 6.34. The third-order valence-electron chi connectivity index (χ3n) is 4.69. The number of nitrogens with zero attached hydrogens (tertiary/aromatic N) is 2. The molecule has 0 aliphatic carbocycles. The van der Waals surface area contributed by atoms with Crippen LogP contribution in [0.2, 0.25) is 0 Å². The van der Waals surface area contributed by atoms with Crippen LogP contribution in [-0.4, -0.2) is 53.3 Å². The Bertz CT molecular complexity index is 397. The van der Waals surface area contributed by atoms with E-state index in [1.807, 2.05) is 25.7 Å². The van der Waals surface area contributed by atoms with E-state index in [2.05, 4.69) is 0 Å². The van der Waals surface area contributed by atoms with Crippen molar-refractivity contribution in [2.45, 2.75) is 65.0 Å². The molecule has 21 heavy (non-hydrogen) atoms. The summed E-state index contributed by atoms with van der Waals surface area (Å²) >= 11 is 0. The van der Waals surface area contributed by atoms with E-state index in [0.29, 0.717) is 6.54 Å². The standard InChI is InChI=1S/C16H29N3O2/c1-16(2,3)13(17)15(21)19-11-7-8-12(19)14(20)18-9-5-4-6-10-18/h12-13H,4-11,17H2,1-3H3. The number of amides is 2. The second-order valence-electron chi connectivity index (χ2n) is 7.42. The van der Waals surface area contributed by atoms with E-state index >= 15 is 0 Å². The van der Waals surface area contributed by atoms with Crippen LogP contribution in [0.5, 0.6) is 0 Å². The summed E-state index contributed by atoms with van der Waals surface area (Å²) in [6.45, 7) is 8.23. The number of likely N-dealkylation sites (tertiary alicyclic amines) is 2. The van der Waals surface area contributed by atoms with Crippen LogP contribution >= 0.6 is 0 Å². The van der Waals surface area contributed by atoms with E-state index in [4.69, 9.17) is 5.73 Å². The molecular weight excluding hydrogens is 266 g/mol. The van der Waals surface area contributed by atoms with Crippen molar-refractivity contribution in [3.8, 4) is 0 Å². The first-order valence-electron chi connectivity index (χ1n) is 8.17. The van der Waals surface area contributed by atoms with Gasteiger partial charge in [0, 0.05) is 19.6 Å². The van der Waals surface area contributed by atoms with Crippen molar-refractivity contribution in [2.75, 3.05) is 19.6 Å². The average molecular weight is 295 g/mol. The third-order valence-corrected chi connectivity index (χ3v) is 4.69. The van der Waals surface area contributed by atoms with Crippen LogP contribution in [-0.2, 0) is 9.59 Å². The molecule has 2 saturated heterocycles. The van der Waals surface area contributed by atoms with Crippen LogP contribution in [0.15, 0.2) is 0 Å². The minimum absolute atomic E-state index is 0.0737. The molecule has 0 saturated carbocycles. The second-order valence-corrected chi connectivity index (χ2v) is 7.42. The molecular formula is C16H29N3O2. The molecule has 5 heteroatoms. The third kappa shape index (κ3) is 3.57. The Balaban J connectivity index is 2.05. The van der Waals surface area contributed by atoms with Crippen molar-refractivity contribution in [1.82, 2.24) is 9.80 Å². The molecule has 0 bridgehead atoms. The monoisotopic (exact) mass is 295 g/mol. The zero-order chi connectivity index (χ0) is 15.6. The summed E-state index contributed by atoms with van der Waals surface area (Å²) < 4.78 is 0. The largest absolute Gasteiger partial charge is 0.341 e. The van der Waals surface area contributed by atoms with Gasteiger partial charge in [-0.1, -0.05) is 20.8 Å². The smallest absolute Gasteiger partial charge is 0.245 e. The Morgan fingerprint density at radius 1 is 1.05 bits per heavy atom. The molecule has 2 aliphatic heterocycles. The first kappa shape index (κ1) is 16.3. The minimum atomic E-state index is -0.549. The molecule has 2 atom stereocenters. The molecule has 0 aromatic heterocycles. The van der Waals surface area contributed by atoms with Crippen molar-refractivity contribution in [3.63, 3.8) is 0 Å². The fourth-order valence-electron chi connectivity index (χ4n) is 3.16. The van der Waals surface area contributed by atoms with Crippen molar-refractivity contribution >= 4 is 11.8 Å². The van der Waals surface area contributed by atoms with E-state index < -0.39 is 6.04 Å². The highest BCUT2D eigenvalue weighted by molar-refractivity contribution is 5.90. The summed E-state index contributed by atoms with van der Waals surface area (Å²) in [6, 6.07) is -0.837. The topological polar surface area (TPSA) is 66.6 Å². The Labute approximate surface area is 127 Å². The molecule has 2 N–H and O–H groups in total. The van der Waals surface area contributed by atoms with E-state index in [9.17, 15) is 9.59 Å². The molecule has 2 unspecified atom stereocenters. The Morgan fingerprint density at radius 3 is 2.24 bits per heavy atom. The van der Waals surface area contributed by atoms with Crippen LogP contribution in [0.4, 0.5) is 0 Å². The molecule has 0 aromatic rings. The van der Waals surface area contributed by atoms with Crippen molar-refractivity contribution < 1.29 is 9.59 Å². The predicted molar refractivity (Wildman–Crippen MR) is 82.6 cm³/mol. The molecule has 2 rings (SSSR count). The van der Waals surface area contributed by atoms with Gasteiger partial charge in [-0.05, 0) is 37.5 Å². The number of carbonyl (C=O) groups is 2. The van der Waals surface area contributed by atoms with Crippen molar-refractivity contribution in [2.24, 2.45) is 11.1 Å². The Morgan fingerprint density at radius 2 is 1.67 bits per heavy atom. The van der Waals surface area contributed by atoms with Gasteiger partial charge in [-0.3, -0.25) is 9.59 Å². The van der Waals surface area contributed by atoms with Crippen molar-refractivity contribution in [3.05, 3.63) is 0 Å². The predicted octanol–water partition coefficient (Wildman–Crippen LogP) is 1.36. The van der Waals surface area contributed by atoms with Gasteiger partial charge in [0.1, 0.15) is 6.04 Å².